The van der Waals surface area contributed by atoms with Gasteiger partial charge in [0, 0.05) is 22.3 Å². The zero-order valence-electron chi connectivity index (χ0n) is 13.8. The monoisotopic (exact) mass is 381 g/mol. The third-order valence-electron chi connectivity index (χ3n) is 3.61. The smallest absolute Gasteiger partial charge is 0.229 e. The Hall–Kier alpha value is -1.69. The summed E-state index contributed by atoms with van der Waals surface area (Å²) >= 11 is 3.19. The average molecular weight is 382 g/mol. The summed E-state index contributed by atoms with van der Waals surface area (Å²) < 4.78 is 16.4. The van der Waals surface area contributed by atoms with Crippen LogP contribution in [0.25, 0.3) is 0 Å². The van der Waals surface area contributed by atoms with E-state index in [9.17, 15) is 9.18 Å². The van der Waals surface area contributed by atoms with Crippen molar-refractivity contribution in [3.8, 4) is 0 Å². The molecule has 0 aliphatic carbocycles. The highest BCUT2D eigenvalue weighted by atomic mass is 79.9. The highest BCUT2D eigenvalue weighted by Crippen LogP contribution is 2.20. The Morgan fingerprint density at radius 3 is 2.70 bits per heavy atom. The van der Waals surface area contributed by atoms with Crippen molar-refractivity contribution in [1.82, 2.24) is 9.78 Å². The summed E-state index contributed by atoms with van der Waals surface area (Å²) in [4.78, 5) is 12.2. The standard InChI is InChI=1S/C17H21BrFN3O/c1-10(2)9-22-12(4)14(11(3)21-22)8-17(23)20-16-6-5-13(18)7-15(16)19/h5-7,10H,8-9H2,1-4H3,(H,20,23). The molecule has 1 aromatic carbocycles. The largest absolute Gasteiger partial charge is 0.323 e. The molecule has 6 heteroatoms. The summed E-state index contributed by atoms with van der Waals surface area (Å²) in [5, 5.41) is 7.11. The first-order valence-electron chi connectivity index (χ1n) is 7.55. The van der Waals surface area contributed by atoms with Crippen molar-refractivity contribution in [2.45, 2.75) is 40.7 Å². The number of anilines is 1. The summed E-state index contributed by atoms with van der Waals surface area (Å²) in [7, 11) is 0. The van der Waals surface area contributed by atoms with Gasteiger partial charge in [-0.2, -0.15) is 5.10 Å². The van der Waals surface area contributed by atoms with E-state index in [4.69, 9.17) is 0 Å². The molecule has 124 valence electrons. The van der Waals surface area contributed by atoms with E-state index in [-0.39, 0.29) is 18.0 Å². The molecule has 1 amide bonds. The number of aryl methyl sites for hydroxylation is 1. The van der Waals surface area contributed by atoms with Gasteiger partial charge in [-0.25, -0.2) is 4.39 Å². The van der Waals surface area contributed by atoms with Crippen molar-refractivity contribution in [2.75, 3.05) is 5.32 Å². The van der Waals surface area contributed by atoms with Crippen LogP contribution in [-0.4, -0.2) is 15.7 Å². The maximum absolute atomic E-state index is 13.8. The molecule has 2 rings (SSSR count). The number of hydrogen-bond donors (Lipinski definition) is 1. The van der Waals surface area contributed by atoms with Crippen LogP contribution in [0.1, 0.15) is 30.8 Å². The van der Waals surface area contributed by atoms with Gasteiger partial charge in [0.25, 0.3) is 0 Å². The second-order valence-electron chi connectivity index (χ2n) is 6.07. The summed E-state index contributed by atoms with van der Waals surface area (Å²) in [6, 6.07) is 4.56. The fraction of sp³-hybridized carbons (Fsp3) is 0.412. The van der Waals surface area contributed by atoms with Crippen LogP contribution in [0.2, 0.25) is 0 Å². The van der Waals surface area contributed by atoms with E-state index in [0.29, 0.717) is 10.4 Å². The Labute approximate surface area is 144 Å². The van der Waals surface area contributed by atoms with Crippen LogP contribution in [0, 0.1) is 25.6 Å². The molecule has 1 N–H and O–H groups in total. The molecular formula is C17H21BrFN3O. The van der Waals surface area contributed by atoms with Crippen molar-refractivity contribution in [3.63, 3.8) is 0 Å². The van der Waals surface area contributed by atoms with E-state index < -0.39 is 5.82 Å². The van der Waals surface area contributed by atoms with Crippen molar-refractivity contribution >= 4 is 27.5 Å². The first-order chi connectivity index (χ1) is 10.8. The Morgan fingerprint density at radius 1 is 1.39 bits per heavy atom. The molecule has 0 spiro atoms. The van der Waals surface area contributed by atoms with E-state index >= 15 is 0 Å². The van der Waals surface area contributed by atoms with Gasteiger partial charge < -0.3 is 5.32 Å². The van der Waals surface area contributed by atoms with E-state index in [2.05, 4.69) is 40.2 Å². The fourth-order valence-corrected chi connectivity index (χ4v) is 2.79. The molecular weight excluding hydrogens is 361 g/mol. The Bertz CT molecular complexity index is 725. The normalized spacial score (nSPS) is 11.1. The zero-order chi connectivity index (χ0) is 17.1. The van der Waals surface area contributed by atoms with Gasteiger partial charge >= 0.3 is 0 Å². The zero-order valence-corrected chi connectivity index (χ0v) is 15.4. The molecule has 1 aromatic heterocycles. The maximum atomic E-state index is 13.8. The molecule has 0 radical (unpaired) electrons. The Kier molecular flexibility index (Phi) is 5.57. The number of carbonyl (C=O) groups is 1. The summed E-state index contributed by atoms with van der Waals surface area (Å²) in [6.07, 6.45) is 0.186. The molecule has 0 bridgehead atoms. The van der Waals surface area contributed by atoms with Gasteiger partial charge in [-0.15, -0.1) is 0 Å². The van der Waals surface area contributed by atoms with Gasteiger partial charge in [-0.3, -0.25) is 9.48 Å². The third kappa shape index (κ3) is 4.41. The van der Waals surface area contributed by atoms with Crippen LogP contribution < -0.4 is 5.32 Å². The van der Waals surface area contributed by atoms with Crippen LogP contribution in [0.3, 0.4) is 0 Å². The quantitative estimate of drug-likeness (QED) is 0.841. The highest BCUT2D eigenvalue weighted by molar-refractivity contribution is 9.10. The minimum Gasteiger partial charge on any atom is -0.323 e. The number of nitrogens with one attached hydrogen (secondary N) is 1. The van der Waals surface area contributed by atoms with Crippen molar-refractivity contribution in [2.24, 2.45) is 5.92 Å². The predicted octanol–water partition coefficient (Wildman–Crippen LogP) is 4.24. The van der Waals surface area contributed by atoms with Crippen molar-refractivity contribution in [3.05, 3.63) is 45.4 Å². The predicted molar refractivity (Wildman–Crippen MR) is 93.0 cm³/mol. The van der Waals surface area contributed by atoms with Crippen LogP contribution in [0.5, 0.6) is 0 Å². The molecule has 2 aromatic rings. The number of aromatic nitrogens is 2. The van der Waals surface area contributed by atoms with Crippen LogP contribution in [-0.2, 0) is 17.8 Å². The van der Waals surface area contributed by atoms with Crippen LogP contribution in [0.15, 0.2) is 22.7 Å². The van der Waals surface area contributed by atoms with Crippen LogP contribution >= 0.6 is 15.9 Å². The van der Waals surface area contributed by atoms with E-state index in [0.717, 1.165) is 23.5 Å². The topological polar surface area (TPSA) is 46.9 Å². The van der Waals surface area contributed by atoms with Gasteiger partial charge in [0.15, 0.2) is 0 Å². The van der Waals surface area contributed by atoms with Gasteiger partial charge in [0.2, 0.25) is 5.91 Å². The van der Waals surface area contributed by atoms with Gasteiger partial charge in [0.1, 0.15) is 5.82 Å². The summed E-state index contributed by atoms with van der Waals surface area (Å²) in [5.74, 6) is -0.232. The second kappa shape index (κ2) is 7.25. The van der Waals surface area contributed by atoms with Crippen molar-refractivity contribution in [1.29, 1.82) is 0 Å². The number of benzene rings is 1. The molecule has 4 nitrogen and oxygen atoms in total. The summed E-state index contributed by atoms with van der Waals surface area (Å²) in [6.45, 7) is 8.92. The third-order valence-corrected chi connectivity index (χ3v) is 4.11. The molecule has 0 aliphatic heterocycles. The molecule has 23 heavy (non-hydrogen) atoms. The fourth-order valence-electron chi connectivity index (χ4n) is 2.46. The number of halogens is 2. The number of rotatable bonds is 5. The molecule has 0 unspecified atom stereocenters. The minimum atomic E-state index is -0.461. The minimum absolute atomic E-state index is 0.183. The number of carbonyl (C=O) groups excluding carboxylic acids is 1. The van der Waals surface area contributed by atoms with Crippen LogP contribution in [0.4, 0.5) is 10.1 Å². The Balaban J connectivity index is 2.12. The molecule has 0 aliphatic rings. The molecule has 0 fully saturated rings. The van der Waals surface area contributed by atoms with Gasteiger partial charge in [-0.05, 0) is 38.0 Å². The molecule has 0 saturated carbocycles. The number of hydrogen-bond acceptors (Lipinski definition) is 2. The molecule has 0 saturated heterocycles. The van der Waals surface area contributed by atoms with Gasteiger partial charge in [-0.1, -0.05) is 29.8 Å². The number of amides is 1. The first-order valence-corrected chi connectivity index (χ1v) is 8.35. The summed E-state index contributed by atoms with van der Waals surface area (Å²) in [5.41, 5.74) is 2.92. The molecule has 1 heterocycles. The second-order valence-corrected chi connectivity index (χ2v) is 6.99. The van der Waals surface area contributed by atoms with Gasteiger partial charge in [0.05, 0.1) is 17.8 Å². The van der Waals surface area contributed by atoms with Crippen molar-refractivity contribution < 1.29 is 9.18 Å². The molecule has 0 atom stereocenters. The lowest BCUT2D eigenvalue weighted by Gasteiger charge is -2.09. The highest BCUT2D eigenvalue weighted by Gasteiger charge is 2.16. The SMILES string of the molecule is Cc1nn(CC(C)C)c(C)c1CC(=O)Nc1ccc(Br)cc1F. The average Bonchev–Trinajstić information content (AvgIpc) is 2.69. The van der Waals surface area contributed by atoms with E-state index in [1.165, 1.54) is 6.07 Å². The van der Waals surface area contributed by atoms with E-state index in [1.807, 2.05) is 18.5 Å². The van der Waals surface area contributed by atoms with E-state index in [1.54, 1.807) is 12.1 Å². The lowest BCUT2D eigenvalue weighted by Crippen LogP contribution is -2.16. The lowest BCUT2D eigenvalue weighted by molar-refractivity contribution is -0.115. The number of nitrogens with zero attached hydrogens (tertiary/aromatic N) is 2. The Morgan fingerprint density at radius 2 is 2.09 bits per heavy atom. The lowest BCUT2D eigenvalue weighted by atomic mass is 10.1. The maximum Gasteiger partial charge on any atom is 0.229 e. The first kappa shape index (κ1) is 17.7.